The number of amides is 3. The number of methoxy groups -OCH3 is 2. The van der Waals surface area contributed by atoms with Crippen LogP contribution >= 0.6 is 22.9 Å². The van der Waals surface area contributed by atoms with E-state index in [0.717, 1.165) is 12.8 Å². The lowest BCUT2D eigenvalue weighted by molar-refractivity contribution is 0.102. The summed E-state index contributed by atoms with van der Waals surface area (Å²) in [5, 5.41) is 15.3. The highest BCUT2D eigenvalue weighted by Crippen LogP contribution is 2.35. The molecular formula is C22H22ClN5O4S. The molecule has 1 aliphatic rings. The molecule has 1 saturated heterocycles. The van der Waals surface area contributed by atoms with Crippen molar-refractivity contribution in [3.05, 3.63) is 57.5 Å². The SMILES string of the molecule is COc1ccc(NC(=O)N2CCC[C@H]2c2nnc(C(=O)Nc3ccc(Cl)cc3)s2)cc1OC. The second-order valence-corrected chi connectivity index (χ2v) is 8.70. The molecule has 2 aromatic carbocycles. The van der Waals surface area contributed by atoms with Gasteiger partial charge in [-0.05, 0) is 49.2 Å². The van der Waals surface area contributed by atoms with Crippen molar-refractivity contribution >= 4 is 46.3 Å². The van der Waals surface area contributed by atoms with E-state index in [0.29, 0.717) is 39.4 Å². The lowest BCUT2D eigenvalue weighted by Gasteiger charge is -2.23. The van der Waals surface area contributed by atoms with Crippen LogP contribution in [0, 0.1) is 0 Å². The topological polar surface area (TPSA) is 106 Å². The van der Waals surface area contributed by atoms with Crippen molar-refractivity contribution in [1.82, 2.24) is 15.1 Å². The van der Waals surface area contributed by atoms with Gasteiger partial charge in [-0.3, -0.25) is 4.79 Å². The second-order valence-electron chi connectivity index (χ2n) is 7.26. The summed E-state index contributed by atoms with van der Waals surface area (Å²) in [7, 11) is 3.09. The molecule has 0 aliphatic carbocycles. The number of rotatable bonds is 6. The van der Waals surface area contributed by atoms with Crippen molar-refractivity contribution in [3.63, 3.8) is 0 Å². The molecule has 1 aromatic heterocycles. The summed E-state index contributed by atoms with van der Waals surface area (Å²) in [4.78, 5) is 27.2. The van der Waals surface area contributed by atoms with Crippen LogP contribution in [0.25, 0.3) is 0 Å². The van der Waals surface area contributed by atoms with Crippen LogP contribution in [0.4, 0.5) is 16.2 Å². The number of nitrogens with one attached hydrogen (secondary N) is 2. The van der Waals surface area contributed by atoms with Crippen LogP contribution in [0.1, 0.15) is 33.7 Å². The number of hydrogen-bond acceptors (Lipinski definition) is 7. The minimum atomic E-state index is -0.361. The highest BCUT2D eigenvalue weighted by atomic mass is 35.5. The zero-order chi connectivity index (χ0) is 23.4. The van der Waals surface area contributed by atoms with E-state index >= 15 is 0 Å². The first-order chi connectivity index (χ1) is 16.0. The van der Waals surface area contributed by atoms with Crippen molar-refractivity contribution in [1.29, 1.82) is 0 Å². The molecular weight excluding hydrogens is 466 g/mol. The first-order valence-corrected chi connectivity index (χ1v) is 11.4. The van der Waals surface area contributed by atoms with Crippen LogP contribution in [-0.2, 0) is 0 Å². The summed E-state index contributed by atoms with van der Waals surface area (Å²) >= 11 is 7.06. The summed E-state index contributed by atoms with van der Waals surface area (Å²) in [5.41, 5.74) is 1.20. The molecule has 1 fully saturated rings. The normalized spacial score (nSPS) is 15.2. The molecule has 2 heterocycles. The monoisotopic (exact) mass is 487 g/mol. The van der Waals surface area contributed by atoms with Gasteiger partial charge in [0.25, 0.3) is 5.91 Å². The highest BCUT2D eigenvalue weighted by molar-refractivity contribution is 7.13. The first-order valence-electron chi connectivity index (χ1n) is 10.2. The lowest BCUT2D eigenvalue weighted by atomic mass is 10.2. The Balaban J connectivity index is 1.44. The van der Waals surface area contributed by atoms with Crippen molar-refractivity contribution < 1.29 is 19.1 Å². The minimum absolute atomic E-state index is 0.229. The van der Waals surface area contributed by atoms with Crippen LogP contribution in [0.15, 0.2) is 42.5 Å². The number of carbonyl (C=O) groups is 2. The van der Waals surface area contributed by atoms with Crippen molar-refractivity contribution in [2.75, 3.05) is 31.4 Å². The van der Waals surface area contributed by atoms with E-state index in [4.69, 9.17) is 21.1 Å². The number of anilines is 2. The smallest absolute Gasteiger partial charge is 0.322 e. The van der Waals surface area contributed by atoms with E-state index in [-0.39, 0.29) is 23.0 Å². The van der Waals surface area contributed by atoms with Crippen molar-refractivity contribution in [2.45, 2.75) is 18.9 Å². The Bertz CT molecular complexity index is 1150. The maximum atomic E-state index is 13.0. The van der Waals surface area contributed by atoms with E-state index in [9.17, 15) is 9.59 Å². The van der Waals surface area contributed by atoms with Crippen LogP contribution in [0.5, 0.6) is 11.5 Å². The number of ether oxygens (including phenoxy) is 2. The lowest BCUT2D eigenvalue weighted by Crippen LogP contribution is -2.34. The molecule has 9 nitrogen and oxygen atoms in total. The highest BCUT2D eigenvalue weighted by Gasteiger charge is 2.33. The van der Waals surface area contributed by atoms with Gasteiger partial charge in [0.05, 0.1) is 20.3 Å². The Hall–Kier alpha value is -3.37. The number of carbonyl (C=O) groups excluding carboxylic acids is 2. The number of nitrogens with zero attached hydrogens (tertiary/aromatic N) is 3. The average molecular weight is 488 g/mol. The van der Waals surface area contributed by atoms with Gasteiger partial charge in [0.15, 0.2) is 11.5 Å². The zero-order valence-electron chi connectivity index (χ0n) is 18.0. The number of likely N-dealkylation sites (tertiary alicyclic amines) is 1. The largest absolute Gasteiger partial charge is 0.493 e. The summed E-state index contributed by atoms with van der Waals surface area (Å²) in [5.74, 6) is 0.738. The maximum Gasteiger partial charge on any atom is 0.322 e. The Morgan fingerprint density at radius 1 is 1.03 bits per heavy atom. The molecule has 1 aliphatic heterocycles. The van der Waals surface area contributed by atoms with E-state index in [1.54, 1.807) is 54.5 Å². The Labute approximate surface area is 199 Å². The Morgan fingerprint density at radius 2 is 1.76 bits per heavy atom. The number of aromatic nitrogens is 2. The van der Waals surface area contributed by atoms with Gasteiger partial charge in [-0.2, -0.15) is 0 Å². The molecule has 0 unspecified atom stereocenters. The maximum absolute atomic E-state index is 13.0. The van der Waals surface area contributed by atoms with Crippen molar-refractivity contribution in [2.24, 2.45) is 0 Å². The molecule has 3 amide bonds. The van der Waals surface area contributed by atoms with Gasteiger partial charge in [0, 0.05) is 29.0 Å². The van der Waals surface area contributed by atoms with E-state index in [1.807, 2.05) is 0 Å². The third-order valence-electron chi connectivity index (χ3n) is 5.17. The Kier molecular flexibility index (Phi) is 6.95. The number of benzene rings is 2. The molecule has 33 heavy (non-hydrogen) atoms. The number of halogens is 1. The summed E-state index contributed by atoms with van der Waals surface area (Å²) in [6.45, 7) is 0.579. The Morgan fingerprint density at radius 3 is 2.48 bits per heavy atom. The molecule has 0 saturated carbocycles. The fourth-order valence-corrected chi connectivity index (χ4v) is 4.57. The molecule has 0 radical (unpaired) electrons. The van der Waals surface area contributed by atoms with E-state index in [2.05, 4.69) is 20.8 Å². The number of hydrogen-bond donors (Lipinski definition) is 2. The van der Waals surface area contributed by atoms with E-state index < -0.39 is 0 Å². The summed E-state index contributed by atoms with van der Waals surface area (Å²) in [6, 6.07) is 11.5. The predicted octanol–water partition coefficient (Wildman–Crippen LogP) is 4.83. The van der Waals surface area contributed by atoms with Crippen LogP contribution in [0.2, 0.25) is 5.02 Å². The van der Waals surface area contributed by atoms with Crippen molar-refractivity contribution in [3.8, 4) is 11.5 Å². The van der Waals surface area contributed by atoms with Crippen LogP contribution in [-0.4, -0.2) is 47.8 Å². The fraction of sp³-hybridized carbons (Fsp3) is 0.273. The van der Waals surface area contributed by atoms with Gasteiger partial charge in [-0.1, -0.05) is 22.9 Å². The van der Waals surface area contributed by atoms with Crippen LogP contribution < -0.4 is 20.1 Å². The first kappa shape index (κ1) is 22.8. The van der Waals surface area contributed by atoms with E-state index in [1.165, 1.54) is 18.4 Å². The molecule has 0 spiro atoms. The molecule has 1 atom stereocenters. The quantitative estimate of drug-likeness (QED) is 0.516. The van der Waals surface area contributed by atoms with Gasteiger partial charge in [-0.15, -0.1) is 10.2 Å². The van der Waals surface area contributed by atoms with Gasteiger partial charge < -0.3 is 25.0 Å². The summed E-state index contributed by atoms with van der Waals surface area (Å²) in [6.07, 6.45) is 1.57. The molecule has 4 rings (SSSR count). The third kappa shape index (κ3) is 5.18. The molecule has 2 N–H and O–H groups in total. The minimum Gasteiger partial charge on any atom is -0.493 e. The molecule has 3 aromatic rings. The average Bonchev–Trinajstić information content (AvgIpc) is 3.50. The van der Waals surface area contributed by atoms with Crippen LogP contribution in [0.3, 0.4) is 0 Å². The predicted molar refractivity (Wildman–Crippen MR) is 127 cm³/mol. The molecule has 172 valence electrons. The second kappa shape index (κ2) is 10.1. The summed E-state index contributed by atoms with van der Waals surface area (Å²) < 4.78 is 10.5. The zero-order valence-corrected chi connectivity index (χ0v) is 19.6. The van der Waals surface area contributed by atoms with Gasteiger partial charge in [-0.25, -0.2) is 4.79 Å². The third-order valence-corrected chi connectivity index (χ3v) is 6.45. The van der Waals surface area contributed by atoms with Gasteiger partial charge in [0.1, 0.15) is 5.01 Å². The fourth-order valence-electron chi connectivity index (χ4n) is 3.55. The van der Waals surface area contributed by atoms with Gasteiger partial charge in [0.2, 0.25) is 5.01 Å². The molecule has 0 bridgehead atoms. The molecule has 11 heteroatoms. The number of urea groups is 1. The van der Waals surface area contributed by atoms with Gasteiger partial charge >= 0.3 is 6.03 Å². The standard InChI is InChI=1S/C22H22ClN5O4S/c1-31-17-10-9-15(12-18(17)32-2)25-22(30)28-11-3-4-16(28)20-26-27-21(33-20)19(29)24-14-7-5-13(23)6-8-14/h5-10,12,16H,3-4,11H2,1-2H3,(H,24,29)(H,25,30)/t16-/m0/s1.